The molecule has 0 bridgehead atoms. The number of pyridine rings is 1. The van der Waals surface area contributed by atoms with E-state index in [2.05, 4.69) is 25.6 Å². The van der Waals surface area contributed by atoms with Gasteiger partial charge in [0.15, 0.2) is 5.82 Å². The van der Waals surface area contributed by atoms with E-state index in [1.807, 2.05) is 36.4 Å². The van der Waals surface area contributed by atoms with Crippen LogP contribution in [-0.4, -0.2) is 25.6 Å². The topological polar surface area (TPSA) is 87.2 Å². The van der Waals surface area contributed by atoms with Crippen molar-refractivity contribution in [2.75, 3.05) is 0 Å². The van der Waals surface area contributed by atoms with E-state index in [0.29, 0.717) is 17.8 Å². The lowest BCUT2D eigenvalue weighted by Gasteiger charge is -2.09. The summed E-state index contributed by atoms with van der Waals surface area (Å²) in [4.78, 5) is 4.02. The zero-order chi connectivity index (χ0) is 13.8. The van der Waals surface area contributed by atoms with E-state index in [4.69, 9.17) is 0 Å². The van der Waals surface area contributed by atoms with Gasteiger partial charge in [0.2, 0.25) is 0 Å². The van der Waals surface area contributed by atoms with Crippen molar-refractivity contribution in [2.24, 2.45) is 0 Å². The van der Waals surface area contributed by atoms with E-state index >= 15 is 0 Å². The second kappa shape index (κ2) is 5.58. The maximum Gasteiger partial charge on any atom is 0.179 e. The smallest absolute Gasteiger partial charge is 0.179 e. The van der Waals surface area contributed by atoms with E-state index in [-0.39, 0.29) is 0 Å². The lowest BCUT2D eigenvalue weighted by molar-refractivity contribution is 0.0894. The van der Waals surface area contributed by atoms with Crippen molar-refractivity contribution in [1.29, 1.82) is 0 Å². The van der Waals surface area contributed by atoms with Gasteiger partial charge in [-0.3, -0.25) is 4.98 Å². The minimum Gasteiger partial charge on any atom is -0.264 e. The molecule has 1 radical (unpaired) electrons. The first-order chi connectivity index (χ1) is 9.83. The number of hydrogen-bond donors (Lipinski definition) is 1. The lowest BCUT2D eigenvalue weighted by Crippen LogP contribution is -2.01. The molecule has 2 aromatic heterocycles. The summed E-state index contributed by atoms with van der Waals surface area (Å²) in [5.41, 5.74) is 2.45. The van der Waals surface area contributed by atoms with Crippen LogP contribution in [0.4, 0.5) is 0 Å². The molecule has 6 heteroatoms. The first-order valence-corrected chi connectivity index (χ1v) is 6.22. The highest BCUT2D eigenvalue weighted by atomic mass is 16.3. The molecule has 1 unspecified atom stereocenters. The van der Waals surface area contributed by atoms with E-state index in [1.165, 1.54) is 0 Å². The van der Waals surface area contributed by atoms with Crippen molar-refractivity contribution in [2.45, 2.75) is 12.5 Å². The molecule has 0 aliphatic heterocycles. The minimum absolute atomic E-state index is 0.409. The SMILES string of the molecule is [O]C(Cc1cccnc1)c1cccc(-c2nnn[nH]2)c1. The van der Waals surface area contributed by atoms with E-state index in [0.717, 1.165) is 11.1 Å². The van der Waals surface area contributed by atoms with Crippen molar-refractivity contribution in [1.82, 2.24) is 25.6 Å². The van der Waals surface area contributed by atoms with E-state index in [9.17, 15) is 5.11 Å². The molecule has 6 nitrogen and oxygen atoms in total. The first kappa shape index (κ1) is 12.4. The summed E-state index contributed by atoms with van der Waals surface area (Å²) in [6.07, 6.45) is 2.98. The third kappa shape index (κ3) is 2.70. The van der Waals surface area contributed by atoms with Gasteiger partial charge in [-0.1, -0.05) is 24.3 Å². The molecule has 1 aromatic carbocycles. The van der Waals surface area contributed by atoms with Crippen LogP contribution in [0.25, 0.3) is 11.4 Å². The quantitative estimate of drug-likeness (QED) is 0.782. The van der Waals surface area contributed by atoms with Gasteiger partial charge in [-0.15, -0.1) is 5.10 Å². The minimum atomic E-state index is -0.838. The molecule has 1 N–H and O–H groups in total. The lowest BCUT2D eigenvalue weighted by atomic mass is 10.0. The molecule has 0 fully saturated rings. The van der Waals surface area contributed by atoms with Crippen molar-refractivity contribution in [3.8, 4) is 11.4 Å². The van der Waals surface area contributed by atoms with Crippen LogP contribution in [0, 0.1) is 0 Å². The number of H-pyrrole nitrogens is 1. The highest BCUT2D eigenvalue weighted by molar-refractivity contribution is 5.55. The third-order valence-electron chi connectivity index (χ3n) is 3.02. The molecular formula is C14H12N5O. The van der Waals surface area contributed by atoms with E-state index in [1.54, 1.807) is 12.4 Å². The van der Waals surface area contributed by atoms with Crippen LogP contribution in [-0.2, 0) is 11.5 Å². The van der Waals surface area contributed by atoms with Gasteiger partial charge in [0.25, 0.3) is 0 Å². The summed E-state index contributed by atoms with van der Waals surface area (Å²) < 4.78 is 0. The van der Waals surface area contributed by atoms with Crippen LogP contribution in [0.1, 0.15) is 17.2 Å². The van der Waals surface area contributed by atoms with Gasteiger partial charge >= 0.3 is 0 Å². The van der Waals surface area contributed by atoms with E-state index < -0.39 is 6.10 Å². The number of hydrogen-bond acceptors (Lipinski definition) is 4. The molecule has 0 aliphatic rings. The summed E-state index contributed by atoms with van der Waals surface area (Å²) in [7, 11) is 0. The summed E-state index contributed by atoms with van der Waals surface area (Å²) in [6, 6.07) is 11.1. The summed E-state index contributed by atoms with van der Waals surface area (Å²) in [5, 5.41) is 25.9. The molecule has 0 spiro atoms. The molecule has 20 heavy (non-hydrogen) atoms. The average Bonchev–Trinajstić information content (AvgIpc) is 3.03. The molecule has 2 heterocycles. The Balaban J connectivity index is 1.82. The van der Waals surface area contributed by atoms with Gasteiger partial charge in [-0.2, -0.15) is 0 Å². The molecule has 0 saturated carbocycles. The van der Waals surface area contributed by atoms with Crippen LogP contribution in [0.5, 0.6) is 0 Å². The fraction of sp³-hybridized carbons (Fsp3) is 0.143. The summed E-state index contributed by atoms with van der Waals surface area (Å²) in [6.45, 7) is 0. The standard InChI is InChI=1S/C14H12N5O/c20-13(7-10-3-2-6-15-9-10)11-4-1-5-12(8-11)14-16-18-19-17-14/h1-6,8-9,13H,7H2,(H,16,17,18,19). The Labute approximate surface area is 115 Å². The number of nitrogens with one attached hydrogen (secondary N) is 1. The van der Waals surface area contributed by atoms with Crippen molar-refractivity contribution >= 4 is 0 Å². The predicted octanol–water partition coefficient (Wildman–Crippen LogP) is 1.98. The van der Waals surface area contributed by atoms with Gasteiger partial charge in [0.05, 0.1) is 0 Å². The monoisotopic (exact) mass is 266 g/mol. The Morgan fingerprint density at radius 3 is 2.90 bits per heavy atom. The predicted molar refractivity (Wildman–Crippen MR) is 71.0 cm³/mol. The Kier molecular flexibility index (Phi) is 3.47. The van der Waals surface area contributed by atoms with Crippen LogP contribution >= 0.6 is 0 Å². The Bertz CT molecular complexity index is 669. The Morgan fingerprint density at radius 2 is 2.15 bits per heavy atom. The largest absolute Gasteiger partial charge is 0.264 e. The van der Waals surface area contributed by atoms with Crippen LogP contribution in [0.2, 0.25) is 0 Å². The fourth-order valence-electron chi connectivity index (χ4n) is 2.02. The number of nitrogens with zero attached hydrogens (tertiary/aromatic N) is 4. The van der Waals surface area contributed by atoms with Crippen LogP contribution in [0.15, 0.2) is 48.8 Å². The van der Waals surface area contributed by atoms with Gasteiger partial charge in [-0.25, -0.2) is 10.2 Å². The molecular weight excluding hydrogens is 254 g/mol. The zero-order valence-corrected chi connectivity index (χ0v) is 10.6. The van der Waals surface area contributed by atoms with Crippen molar-refractivity contribution < 1.29 is 5.11 Å². The summed E-state index contributed by atoms with van der Waals surface area (Å²) >= 11 is 0. The highest BCUT2D eigenvalue weighted by Crippen LogP contribution is 2.23. The van der Waals surface area contributed by atoms with Crippen molar-refractivity contribution in [3.63, 3.8) is 0 Å². The third-order valence-corrected chi connectivity index (χ3v) is 3.02. The van der Waals surface area contributed by atoms with Gasteiger partial charge in [0, 0.05) is 24.4 Å². The summed E-state index contributed by atoms with van der Waals surface area (Å²) in [5.74, 6) is 0.556. The maximum absolute atomic E-state index is 12.3. The normalized spacial score (nSPS) is 12.2. The van der Waals surface area contributed by atoms with Gasteiger partial charge < -0.3 is 0 Å². The van der Waals surface area contributed by atoms with Gasteiger partial charge in [0.1, 0.15) is 6.10 Å². The number of rotatable bonds is 4. The maximum atomic E-state index is 12.3. The first-order valence-electron chi connectivity index (χ1n) is 6.22. The molecule has 3 rings (SSSR count). The number of tetrazole rings is 1. The highest BCUT2D eigenvalue weighted by Gasteiger charge is 2.12. The molecule has 0 aliphatic carbocycles. The number of benzene rings is 1. The molecule has 99 valence electrons. The number of aromatic amines is 1. The molecule has 3 aromatic rings. The zero-order valence-electron chi connectivity index (χ0n) is 10.6. The molecule has 0 saturated heterocycles. The molecule has 1 atom stereocenters. The second-order valence-electron chi connectivity index (χ2n) is 4.43. The molecule has 0 amide bonds. The van der Waals surface area contributed by atoms with Crippen LogP contribution < -0.4 is 0 Å². The Morgan fingerprint density at radius 1 is 1.20 bits per heavy atom. The Hall–Kier alpha value is -2.60. The fourth-order valence-corrected chi connectivity index (χ4v) is 2.02. The second-order valence-corrected chi connectivity index (χ2v) is 4.43. The average molecular weight is 266 g/mol. The van der Waals surface area contributed by atoms with Crippen LogP contribution in [0.3, 0.4) is 0 Å². The van der Waals surface area contributed by atoms with Gasteiger partial charge in [-0.05, 0) is 33.7 Å². The van der Waals surface area contributed by atoms with Crippen molar-refractivity contribution in [3.05, 3.63) is 59.9 Å². The number of aromatic nitrogens is 5.